The third kappa shape index (κ3) is 3.06. The van der Waals surface area contributed by atoms with Crippen molar-refractivity contribution in [1.29, 1.82) is 0 Å². The minimum atomic E-state index is 0. The Morgan fingerprint density at radius 2 is 1.53 bits per heavy atom. The first kappa shape index (κ1) is 16.5. The summed E-state index contributed by atoms with van der Waals surface area (Å²) in [6.45, 7) is 2.18. The molecule has 0 saturated heterocycles. The number of rotatable bonds is 0. The number of benzene rings is 1. The zero-order chi connectivity index (χ0) is 9.54. The van der Waals surface area contributed by atoms with Crippen LogP contribution >= 0.6 is 0 Å². The van der Waals surface area contributed by atoms with Crippen molar-refractivity contribution in [1.82, 2.24) is 0 Å². The van der Waals surface area contributed by atoms with Crippen molar-refractivity contribution in [2.45, 2.75) is 32.6 Å². The molecule has 0 bridgehead atoms. The van der Waals surface area contributed by atoms with Gasteiger partial charge in [0.25, 0.3) is 0 Å². The normalized spacial score (nSPS) is 13.0. The molecule has 0 nitrogen and oxygen atoms in total. The van der Waals surface area contributed by atoms with E-state index >= 15 is 0 Å². The van der Waals surface area contributed by atoms with Gasteiger partial charge in [0.2, 0.25) is 0 Å². The molecule has 0 fully saturated rings. The van der Waals surface area contributed by atoms with Crippen LogP contribution in [-0.4, -0.2) is 0 Å². The van der Waals surface area contributed by atoms with Crippen LogP contribution in [0, 0.1) is 21.8 Å². The van der Waals surface area contributed by atoms with Crippen molar-refractivity contribution in [3.63, 3.8) is 0 Å². The molecule has 0 heterocycles. The fraction of sp³-hybridized carbons (Fsp3) is 0.312. The summed E-state index contributed by atoms with van der Waals surface area (Å²) in [4.78, 5) is 0. The third-order valence-corrected chi connectivity index (χ3v) is 3.31. The smallest absolute Gasteiger partial charge is 0.358 e. The van der Waals surface area contributed by atoms with Gasteiger partial charge in [-0.05, 0) is 25.7 Å². The summed E-state index contributed by atoms with van der Waals surface area (Å²) in [6.07, 6.45) is 5.32. The Hall–Kier alpha value is -0.456. The van der Waals surface area contributed by atoms with Crippen LogP contribution in [0.4, 0.5) is 0 Å². The third-order valence-electron chi connectivity index (χ3n) is 3.31. The molecule has 2 aromatic carbocycles. The molecule has 1 aliphatic carbocycles. The van der Waals surface area contributed by atoms with Crippen LogP contribution in [0.15, 0.2) is 24.3 Å². The summed E-state index contributed by atoms with van der Waals surface area (Å²) in [7, 11) is 0. The number of fused-ring (bicyclic) bond motifs is 2. The van der Waals surface area contributed by atoms with Gasteiger partial charge in [0.15, 0.2) is 0 Å². The summed E-state index contributed by atoms with van der Waals surface area (Å²) in [5.41, 5.74) is 4.58. The first-order chi connectivity index (χ1) is 6.83. The monoisotopic (exact) mass is 261 g/mol. The second-order valence-corrected chi connectivity index (χ2v) is 4.49. The van der Waals surface area contributed by atoms with Gasteiger partial charge in [0, 0.05) is 0 Å². The Kier molecular flexibility index (Phi) is 6.30. The minimum absolute atomic E-state index is 0. The van der Waals surface area contributed by atoms with E-state index in [1.807, 2.05) is 0 Å². The average molecular weight is 261 g/mol. The number of hydrogen-bond donors (Lipinski definition) is 0. The molecule has 0 unspecified atom stereocenters. The van der Waals surface area contributed by atoms with E-state index in [1.54, 1.807) is 11.1 Å². The summed E-state index contributed by atoms with van der Waals surface area (Å²) in [6, 6.07) is 9.39. The Morgan fingerprint density at radius 3 is 2.18 bits per heavy atom. The maximum atomic E-state index is 2.40. The molecule has 0 saturated carbocycles. The predicted molar refractivity (Wildman–Crippen MR) is 73.7 cm³/mol. The first-order valence-electron chi connectivity index (χ1n) is 5.52. The van der Waals surface area contributed by atoms with Crippen molar-refractivity contribution >= 4 is 10.8 Å². The maximum Gasteiger partial charge on any atom is 3.00 e. The predicted octanol–water partition coefficient (Wildman–Crippen LogP) is 4.64. The Morgan fingerprint density at radius 1 is 0.941 bits per heavy atom. The van der Waals surface area contributed by atoms with Crippen molar-refractivity contribution in [2.24, 2.45) is 0 Å². The molecule has 0 aliphatic heterocycles. The second kappa shape index (κ2) is 6.47. The summed E-state index contributed by atoms with van der Waals surface area (Å²) >= 11 is 0. The molecule has 0 spiro atoms. The van der Waals surface area contributed by atoms with Crippen molar-refractivity contribution < 1.29 is 21.7 Å². The molecule has 1 heteroatoms. The standard InChI is InChI=1S/C14H15.2CH3.Ti/c1-10-6-13-8-11-4-2-3-5-12(11)9-14(13)7-10;;;/h6-9H,2-5H2,1H3;2*1H3;/q3*-1;+3. The summed E-state index contributed by atoms with van der Waals surface area (Å²) in [5, 5.41) is 2.87. The van der Waals surface area contributed by atoms with E-state index in [1.165, 1.54) is 42.0 Å². The number of hydrogen-bond acceptors (Lipinski definition) is 0. The Labute approximate surface area is 121 Å². The van der Waals surface area contributed by atoms with Crippen LogP contribution in [0.3, 0.4) is 0 Å². The molecule has 1 aliphatic rings. The van der Waals surface area contributed by atoms with Crippen molar-refractivity contribution in [3.05, 3.63) is 55.8 Å². The molecule has 89 valence electrons. The molecule has 0 amide bonds. The molecule has 0 atom stereocenters. The van der Waals surface area contributed by atoms with Gasteiger partial charge in [0.1, 0.15) is 0 Å². The maximum absolute atomic E-state index is 2.40. The van der Waals surface area contributed by atoms with Crippen LogP contribution in [0.5, 0.6) is 0 Å². The van der Waals surface area contributed by atoms with E-state index < -0.39 is 0 Å². The molecular weight excluding hydrogens is 240 g/mol. The molecule has 2 aromatic rings. The Bertz CT molecular complexity index is 436. The van der Waals surface area contributed by atoms with Crippen LogP contribution in [0.2, 0.25) is 0 Å². The van der Waals surface area contributed by atoms with Crippen LogP contribution in [0.1, 0.15) is 29.5 Å². The van der Waals surface area contributed by atoms with Crippen LogP contribution < -0.4 is 0 Å². The van der Waals surface area contributed by atoms with E-state index in [0.717, 1.165) is 0 Å². The van der Waals surface area contributed by atoms with Gasteiger partial charge in [-0.25, -0.2) is 0 Å². The van der Waals surface area contributed by atoms with E-state index in [2.05, 4.69) is 31.2 Å². The van der Waals surface area contributed by atoms with Gasteiger partial charge in [-0.2, -0.15) is 6.07 Å². The van der Waals surface area contributed by atoms with E-state index in [-0.39, 0.29) is 36.6 Å². The minimum Gasteiger partial charge on any atom is -0.358 e. The fourth-order valence-corrected chi connectivity index (χ4v) is 2.61. The molecular formula is C16H21Ti. The topological polar surface area (TPSA) is 0 Å². The zero-order valence-electron chi connectivity index (χ0n) is 11.1. The second-order valence-electron chi connectivity index (χ2n) is 4.49. The molecule has 3 rings (SSSR count). The van der Waals surface area contributed by atoms with E-state index in [9.17, 15) is 0 Å². The van der Waals surface area contributed by atoms with Crippen LogP contribution in [-0.2, 0) is 34.6 Å². The first-order valence-corrected chi connectivity index (χ1v) is 5.52. The van der Waals surface area contributed by atoms with E-state index in [0.29, 0.717) is 0 Å². The van der Waals surface area contributed by atoms with E-state index in [4.69, 9.17) is 0 Å². The molecule has 17 heavy (non-hydrogen) atoms. The van der Waals surface area contributed by atoms with Crippen molar-refractivity contribution in [2.75, 3.05) is 0 Å². The summed E-state index contributed by atoms with van der Waals surface area (Å²) in [5.74, 6) is 0. The SMILES string of the molecule is Cc1cc2cc3c(cc2[cH-]1)CCCC3.[CH3-].[CH3-].[Ti+3]. The van der Waals surface area contributed by atoms with Gasteiger partial charge >= 0.3 is 21.7 Å². The van der Waals surface area contributed by atoms with Gasteiger partial charge in [0.05, 0.1) is 0 Å². The fourth-order valence-electron chi connectivity index (χ4n) is 2.61. The van der Waals surface area contributed by atoms with Crippen LogP contribution in [0.25, 0.3) is 10.8 Å². The molecule has 0 aromatic heterocycles. The van der Waals surface area contributed by atoms with Gasteiger partial charge in [-0.15, -0.1) is 34.5 Å². The quantitative estimate of drug-likeness (QED) is 0.478. The summed E-state index contributed by atoms with van der Waals surface area (Å²) < 4.78 is 0. The zero-order valence-corrected chi connectivity index (χ0v) is 12.7. The average Bonchev–Trinajstić information content (AvgIpc) is 2.53. The number of aryl methyl sites for hydroxylation is 3. The molecule has 0 N–H and O–H groups in total. The van der Waals surface area contributed by atoms with Gasteiger partial charge < -0.3 is 14.9 Å². The van der Waals surface area contributed by atoms with Crippen molar-refractivity contribution in [3.8, 4) is 0 Å². The Balaban J connectivity index is 0.000000853. The molecule has 1 radical (unpaired) electrons. The largest absolute Gasteiger partial charge is 3.00 e. The van der Waals surface area contributed by atoms with Gasteiger partial charge in [-0.1, -0.05) is 18.1 Å². The van der Waals surface area contributed by atoms with Gasteiger partial charge in [-0.3, -0.25) is 0 Å².